The van der Waals surface area contributed by atoms with E-state index in [0.717, 1.165) is 0 Å². The Balaban J connectivity index is -0.000000249. The Hall–Kier alpha value is 0.792. The molecular weight excluding hydrogens is 406 g/mol. The zero-order chi connectivity index (χ0) is 11.7. The van der Waals surface area contributed by atoms with Crippen molar-refractivity contribution in [2.75, 3.05) is 0 Å². The summed E-state index contributed by atoms with van der Waals surface area (Å²) in [6.45, 7) is 17.0. The first-order valence-corrected chi connectivity index (χ1v) is 5.44. The van der Waals surface area contributed by atoms with Crippen molar-refractivity contribution in [2.24, 2.45) is 11.8 Å². The van der Waals surface area contributed by atoms with Crippen molar-refractivity contribution in [1.82, 2.24) is 0 Å². The fraction of sp³-hybridized carbons (Fsp3) is 0.714. The summed E-state index contributed by atoms with van der Waals surface area (Å²) in [4.78, 5) is 0. The van der Waals surface area contributed by atoms with Crippen LogP contribution in [-0.4, -0.2) is 0 Å². The second-order valence-corrected chi connectivity index (χ2v) is 4.41. The zero-order valence-electron chi connectivity index (χ0n) is 11.7. The predicted molar refractivity (Wildman–Crippen MR) is 66.7 cm³/mol. The molecule has 0 saturated heterocycles. The van der Waals surface area contributed by atoms with Gasteiger partial charge in [-0.05, 0) is 0 Å². The molecule has 0 N–H and O–H groups in total. The molecule has 0 aliphatic heterocycles. The summed E-state index contributed by atoms with van der Waals surface area (Å²) in [6.07, 6.45) is 5.42. The van der Waals surface area contributed by atoms with Crippen LogP contribution in [0, 0.1) is 61.4 Å². The number of hydrogen-bond donors (Lipinski definition) is 0. The molecule has 0 aliphatic carbocycles. The molecule has 0 amide bonds. The smallest absolute Gasteiger partial charge is 0.500 e. The van der Waals surface area contributed by atoms with Crippen LogP contribution in [0.2, 0.25) is 0 Å². The second-order valence-electron chi connectivity index (χ2n) is 4.41. The van der Waals surface area contributed by atoms with E-state index in [4.69, 9.17) is 0 Å². The van der Waals surface area contributed by atoms with Gasteiger partial charge in [0.25, 0.3) is 0 Å². The average Bonchev–Trinajstić information content (AvgIpc) is 2.13. The van der Waals surface area contributed by atoms with Gasteiger partial charge in [0, 0.05) is 0 Å². The van der Waals surface area contributed by atoms with Crippen molar-refractivity contribution in [2.45, 2.75) is 55.4 Å². The first-order chi connectivity index (χ1) is 6.36. The van der Waals surface area contributed by atoms with Gasteiger partial charge in [-0.15, -0.1) is 0 Å². The Morgan fingerprint density at radius 1 is 1.20 bits per heavy atom. The van der Waals surface area contributed by atoms with Crippen LogP contribution in [0.25, 0.3) is 0 Å². The van der Waals surface area contributed by atoms with Gasteiger partial charge in [0.15, 0.2) is 0 Å². The van der Waals surface area contributed by atoms with Gasteiger partial charge < -0.3 is 18.4 Å². The average molecular weight is 433 g/mol. The van der Waals surface area contributed by atoms with Crippen LogP contribution in [0.4, 0.5) is 0 Å². The van der Waals surface area contributed by atoms with E-state index in [1.54, 1.807) is 0 Å². The van der Waals surface area contributed by atoms with Crippen LogP contribution in [-0.2, 0) is 0 Å². The topological polar surface area (TPSA) is 0 Å². The minimum Gasteiger partial charge on any atom is -0.500 e. The van der Waals surface area contributed by atoms with E-state index >= 15 is 0 Å². The maximum atomic E-state index is 3.18. The summed E-state index contributed by atoms with van der Waals surface area (Å²) in [5.41, 5.74) is 1.37. The van der Waals surface area contributed by atoms with Crippen LogP contribution in [0.1, 0.15) is 55.4 Å². The molecule has 2 atom stereocenters. The molecule has 15 heavy (non-hydrogen) atoms. The standard InChI is InChI=1S/C10H18.C4H9.U/c1-6-8(3)10(5)9(4)7-2;1-4(2)3;/h6,8,10H,1-5H3;1-3H3;/q-2;-1;+3. The van der Waals surface area contributed by atoms with Crippen molar-refractivity contribution in [3.8, 4) is 0 Å². The Kier molecular flexibility index (Phi) is 18.1. The molecule has 0 aromatic carbocycles. The molecule has 0 aromatic heterocycles. The summed E-state index contributed by atoms with van der Waals surface area (Å²) in [6, 6.07) is 0. The molecule has 2 unspecified atom stereocenters. The second kappa shape index (κ2) is 12.9. The van der Waals surface area contributed by atoms with Gasteiger partial charge in [-0.2, -0.15) is 40.5 Å². The molecule has 0 aromatic rings. The van der Waals surface area contributed by atoms with Gasteiger partial charge in [0.05, 0.1) is 0 Å². The summed E-state index contributed by atoms with van der Waals surface area (Å²) in [5.74, 6) is 2.74. The molecule has 87 valence electrons. The number of allylic oxidation sites excluding steroid dienone is 2. The Labute approximate surface area is 122 Å². The third-order valence-corrected chi connectivity index (χ3v) is 2.39. The molecule has 0 heterocycles. The molecule has 0 aliphatic rings. The van der Waals surface area contributed by atoms with Crippen LogP contribution < -0.4 is 0 Å². The molecule has 1 heteroatoms. The van der Waals surface area contributed by atoms with Gasteiger partial charge in [-0.1, -0.05) is 26.7 Å². The predicted octanol–water partition coefficient (Wildman–Crippen LogP) is 4.87. The Bertz CT molecular complexity index is 145. The van der Waals surface area contributed by atoms with E-state index in [1.165, 1.54) is 11.5 Å². The molecule has 0 nitrogen and oxygen atoms in total. The maximum Gasteiger partial charge on any atom is 3.00 e. The fourth-order valence-electron chi connectivity index (χ4n) is 0.911. The van der Waals surface area contributed by atoms with E-state index in [0.29, 0.717) is 11.8 Å². The molecule has 0 rings (SSSR count). The Morgan fingerprint density at radius 2 is 1.53 bits per heavy atom. The SMILES string of the molecule is C[C-](C)C.C[C-]=C(C)C(C)C(C)[CH-]C.[U+3]. The largest absolute Gasteiger partial charge is 3.00 e. The number of hydrogen-bond acceptors (Lipinski definition) is 0. The van der Waals surface area contributed by atoms with E-state index in [-0.39, 0.29) is 31.1 Å². The van der Waals surface area contributed by atoms with E-state index in [1.807, 2.05) is 6.92 Å². The first-order valence-electron chi connectivity index (χ1n) is 5.44. The Morgan fingerprint density at radius 3 is 1.73 bits per heavy atom. The van der Waals surface area contributed by atoms with Crippen molar-refractivity contribution >= 4 is 0 Å². The van der Waals surface area contributed by atoms with Gasteiger partial charge in [0.1, 0.15) is 0 Å². The molecular formula is C14H27U. The van der Waals surface area contributed by atoms with Gasteiger partial charge in [-0.25, -0.2) is 0 Å². The summed E-state index contributed by atoms with van der Waals surface area (Å²) in [7, 11) is 0. The van der Waals surface area contributed by atoms with Crippen LogP contribution >= 0.6 is 0 Å². The van der Waals surface area contributed by atoms with Crippen molar-refractivity contribution < 1.29 is 31.1 Å². The monoisotopic (exact) mass is 433 g/mol. The molecule has 0 bridgehead atoms. The van der Waals surface area contributed by atoms with Crippen LogP contribution in [0.15, 0.2) is 5.57 Å². The van der Waals surface area contributed by atoms with E-state index in [2.05, 4.69) is 61.0 Å². The van der Waals surface area contributed by atoms with Crippen molar-refractivity contribution in [3.63, 3.8) is 0 Å². The van der Waals surface area contributed by atoms with Crippen LogP contribution in [0.3, 0.4) is 0 Å². The maximum absolute atomic E-state index is 3.18. The summed E-state index contributed by atoms with van der Waals surface area (Å²) < 4.78 is 0. The molecule has 0 fully saturated rings. The third kappa shape index (κ3) is 14.8. The van der Waals surface area contributed by atoms with Crippen LogP contribution in [0.5, 0.6) is 0 Å². The van der Waals surface area contributed by atoms with Crippen molar-refractivity contribution in [3.05, 3.63) is 24.0 Å². The normalized spacial score (nSPS) is 14.9. The third-order valence-electron chi connectivity index (χ3n) is 2.39. The quantitative estimate of drug-likeness (QED) is 0.557. The van der Waals surface area contributed by atoms with Gasteiger partial charge >= 0.3 is 31.1 Å². The fourth-order valence-corrected chi connectivity index (χ4v) is 0.911. The van der Waals surface area contributed by atoms with E-state index < -0.39 is 0 Å². The minimum absolute atomic E-state index is 0. The zero-order valence-corrected chi connectivity index (χ0v) is 15.9. The van der Waals surface area contributed by atoms with Gasteiger partial charge in [0.2, 0.25) is 0 Å². The summed E-state index contributed by atoms with van der Waals surface area (Å²) >= 11 is 0. The van der Waals surface area contributed by atoms with E-state index in [9.17, 15) is 0 Å². The first kappa shape index (κ1) is 21.1. The number of rotatable bonds is 3. The van der Waals surface area contributed by atoms with Crippen molar-refractivity contribution in [1.29, 1.82) is 0 Å². The summed E-state index contributed by atoms with van der Waals surface area (Å²) in [5, 5.41) is 0. The van der Waals surface area contributed by atoms with Gasteiger partial charge in [-0.3, -0.25) is 5.57 Å². The minimum atomic E-state index is 0. The molecule has 1 radical (unpaired) electrons. The molecule has 0 saturated carbocycles. The molecule has 0 spiro atoms.